The Morgan fingerprint density at radius 1 is 1.35 bits per heavy atom. The number of sulfonamides is 1. The number of carbonyl (C=O) groups is 1. The van der Waals surface area contributed by atoms with Crippen molar-refractivity contribution < 1.29 is 22.7 Å². The third-order valence-electron chi connectivity index (χ3n) is 2.41. The smallest absolute Gasteiger partial charge is 0.320 e. The number of carboxylic acid groups (broad SMARTS) is 1. The average molecular weight is 296 g/mol. The number of aromatic nitrogens is 1. The van der Waals surface area contributed by atoms with Crippen molar-refractivity contribution in [1.29, 1.82) is 0 Å². The van der Waals surface area contributed by atoms with Gasteiger partial charge in [-0.1, -0.05) is 29.8 Å². The summed E-state index contributed by atoms with van der Waals surface area (Å²) < 4.78 is 29.8. The van der Waals surface area contributed by atoms with Crippen LogP contribution in [0.3, 0.4) is 0 Å². The van der Waals surface area contributed by atoms with Crippen LogP contribution in [-0.2, 0) is 14.8 Å². The van der Waals surface area contributed by atoms with Crippen molar-refractivity contribution in [2.75, 3.05) is 10.5 Å². The van der Waals surface area contributed by atoms with Gasteiger partial charge in [-0.15, -0.1) is 0 Å². The van der Waals surface area contributed by atoms with Gasteiger partial charge in [0.25, 0.3) is 0 Å². The maximum absolute atomic E-state index is 11.4. The molecule has 1 heterocycles. The summed E-state index contributed by atoms with van der Waals surface area (Å²) in [7, 11) is -4.02. The Morgan fingerprint density at radius 2 is 2.00 bits per heavy atom. The molecule has 0 saturated carbocycles. The fourth-order valence-corrected chi connectivity index (χ4v) is 2.27. The van der Waals surface area contributed by atoms with E-state index in [1.54, 1.807) is 0 Å². The summed E-state index contributed by atoms with van der Waals surface area (Å²) >= 11 is 0. The summed E-state index contributed by atoms with van der Waals surface area (Å²) in [5.41, 5.74) is 2.31. The van der Waals surface area contributed by atoms with Gasteiger partial charge in [0.15, 0.2) is 5.75 Å². The molecule has 0 fully saturated rings. The van der Waals surface area contributed by atoms with Gasteiger partial charge in [0, 0.05) is 5.56 Å². The second-order valence-corrected chi connectivity index (χ2v) is 5.88. The number of carboxylic acids is 1. The van der Waals surface area contributed by atoms with E-state index in [2.05, 4.69) is 4.98 Å². The quantitative estimate of drug-likeness (QED) is 0.864. The van der Waals surface area contributed by atoms with Crippen LogP contribution in [0, 0.1) is 6.92 Å². The molecule has 0 aliphatic rings. The summed E-state index contributed by atoms with van der Waals surface area (Å²) in [6.07, 6.45) is 1.29. The summed E-state index contributed by atoms with van der Waals surface area (Å²) in [5, 5.41) is 8.47. The summed E-state index contributed by atoms with van der Waals surface area (Å²) in [4.78, 5) is 14.3. The minimum atomic E-state index is -4.02. The molecule has 1 aromatic heterocycles. The first-order valence-electron chi connectivity index (χ1n) is 5.60. The largest absolute Gasteiger partial charge is 0.480 e. The van der Waals surface area contributed by atoms with Crippen molar-refractivity contribution in [3.8, 4) is 11.3 Å². The Labute approximate surface area is 115 Å². The zero-order valence-corrected chi connectivity index (χ0v) is 11.3. The topological polar surface area (TPSA) is 110 Å². The highest BCUT2D eigenvalue weighted by molar-refractivity contribution is 7.93. The van der Waals surface area contributed by atoms with E-state index in [4.69, 9.17) is 9.52 Å². The van der Waals surface area contributed by atoms with Crippen LogP contribution < -0.4 is 4.72 Å². The normalized spacial score (nSPS) is 11.2. The lowest BCUT2D eigenvalue weighted by Gasteiger charge is -2.00. The van der Waals surface area contributed by atoms with Crippen LogP contribution in [0.25, 0.3) is 11.3 Å². The van der Waals surface area contributed by atoms with Crippen LogP contribution in [0.1, 0.15) is 5.56 Å². The highest BCUT2D eigenvalue weighted by Crippen LogP contribution is 2.21. The van der Waals surface area contributed by atoms with E-state index in [1.165, 1.54) is 6.26 Å². The summed E-state index contributed by atoms with van der Waals surface area (Å²) in [5.74, 6) is -2.50. The number of hydrogen-bond donors (Lipinski definition) is 2. The van der Waals surface area contributed by atoms with E-state index in [9.17, 15) is 13.2 Å². The highest BCUT2D eigenvalue weighted by atomic mass is 32.2. The van der Waals surface area contributed by atoms with Gasteiger partial charge in [-0.3, -0.25) is 4.79 Å². The van der Waals surface area contributed by atoms with Crippen LogP contribution in [0.15, 0.2) is 34.9 Å². The number of nitrogens with zero attached hydrogens (tertiary/aromatic N) is 1. The van der Waals surface area contributed by atoms with Gasteiger partial charge in [0.1, 0.15) is 12.0 Å². The first-order valence-corrected chi connectivity index (χ1v) is 7.26. The number of hydrogen-bond acceptors (Lipinski definition) is 5. The van der Waals surface area contributed by atoms with Gasteiger partial charge in [0.05, 0.1) is 0 Å². The summed E-state index contributed by atoms with van der Waals surface area (Å²) in [6, 6.07) is 7.16. The Morgan fingerprint density at radius 3 is 2.60 bits per heavy atom. The van der Waals surface area contributed by atoms with E-state index < -0.39 is 21.7 Å². The minimum Gasteiger partial charge on any atom is -0.480 e. The van der Waals surface area contributed by atoms with Crippen LogP contribution in [0.4, 0.5) is 6.01 Å². The second-order valence-electron chi connectivity index (χ2n) is 4.16. The molecule has 106 valence electrons. The van der Waals surface area contributed by atoms with E-state index in [0.29, 0.717) is 5.69 Å². The predicted molar refractivity (Wildman–Crippen MR) is 71.7 cm³/mol. The molecule has 0 radical (unpaired) electrons. The van der Waals surface area contributed by atoms with Crippen LogP contribution in [0.2, 0.25) is 0 Å². The van der Waals surface area contributed by atoms with Crippen LogP contribution in [-0.4, -0.2) is 30.2 Å². The van der Waals surface area contributed by atoms with Crippen LogP contribution in [0.5, 0.6) is 0 Å². The molecule has 0 amide bonds. The number of oxazole rings is 1. The average Bonchev–Trinajstić information content (AvgIpc) is 2.75. The van der Waals surface area contributed by atoms with E-state index >= 15 is 0 Å². The van der Waals surface area contributed by atoms with Gasteiger partial charge in [-0.2, -0.15) is 4.98 Å². The Hall–Kier alpha value is -2.35. The van der Waals surface area contributed by atoms with E-state index in [1.807, 2.05) is 35.9 Å². The lowest BCUT2D eigenvalue weighted by Crippen LogP contribution is -2.22. The van der Waals surface area contributed by atoms with Crippen molar-refractivity contribution in [2.45, 2.75) is 6.92 Å². The predicted octanol–water partition coefficient (Wildman–Crippen LogP) is 1.48. The fourth-order valence-electron chi connectivity index (χ4n) is 1.51. The van der Waals surface area contributed by atoms with Gasteiger partial charge in [-0.25, -0.2) is 13.1 Å². The van der Waals surface area contributed by atoms with Crippen molar-refractivity contribution in [2.24, 2.45) is 0 Å². The first-order chi connectivity index (χ1) is 9.35. The third-order valence-corrected chi connectivity index (χ3v) is 3.52. The van der Waals surface area contributed by atoms with Crippen LogP contribution >= 0.6 is 0 Å². The lowest BCUT2D eigenvalue weighted by atomic mass is 10.1. The number of nitrogens with one attached hydrogen (secondary N) is 1. The molecule has 0 spiro atoms. The lowest BCUT2D eigenvalue weighted by molar-refractivity contribution is -0.134. The molecule has 0 saturated heterocycles. The Kier molecular flexibility index (Phi) is 3.75. The van der Waals surface area contributed by atoms with Crippen molar-refractivity contribution in [1.82, 2.24) is 4.98 Å². The second kappa shape index (κ2) is 5.33. The third kappa shape index (κ3) is 3.58. The number of aliphatic carboxylic acids is 1. The molecule has 8 heteroatoms. The van der Waals surface area contributed by atoms with Gasteiger partial charge >= 0.3 is 12.0 Å². The molecular weight excluding hydrogens is 284 g/mol. The maximum atomic E-state index is 11.4. The minimum absolute atomic E-state index is 0.262. The molecular formula is C12H12N2O5S. The number of anilines is 1. The van der Waals surface area contributed by atoms with E-state index in [-0.39, 0.29) is 6.01 Å². The SMILES string of the molecule is Cc1ccc(-c2coc(NS(=O)(=O)CC(=O)O)n2)cc1. The standard InChI is InChI=1S/C12H12N2O5S/c1-8-2-4-9(5-3-8)10-6-19-12(13-10)14-20(17,18)7-11(15)16/h2-6H,7H2,1H3,(H,13,14)(H,15,16). The molecule has 2 aromatic rings. The zero-order valence-electron chi connectivity index (χ0n) is 10.5. The van der Waals surface area contributed by atoms with Gasteiger partial charge in [0.2, 0.25) is 10.0 Å². The maximum Gasteiger partial charge on any atom is 0.320 e. The van der Waals surface area contributed by atoms with E-state index in [0.717, 1.165) is 11.1 Å². The van der Waals surface area contributed by atoms with Gasteiger partial charge in [-0.05, 0) is 6.92 Å². The molecule has 0 unspecified atom stereocenters. The Balaban J connectivity index is 2.17. The number of benzene rings is 1. The molecule has 0 aliphatic carbocycles. The highest BCUT2D eigenvalue weighted by Gasteiger charge is 2.18. The molecule has 0 atom stereocenters. The number of aryl methyl sites for hydroxylation is 1. The van der Waals surface area contributed by atoms with Crippen molar-refractivity contribution in [3.05, 3.63) is 36.1 Å². The zero-order chi connectivity index (χ0) is 14.8. The molecule has 2 N–H and O–H groups in total. The molecule has 1 aromatic carbocycles. The molecule has 0 aliphatic heterocycles. The Bertz CT molecular complexity index is 719. The molecule has 20 heavy (non-hydrogen) atoms. The molecule has 0 bridgehead atoms. The monoisotopic (exact) mass is 296 g/mol. The van der Waals surface area contributed by atoms with Gasteiger partial charge < -0.3 is 9.52 Å². The molecule has 7 nitrogen and oxygen atoms in total. The number of rotatable bonds is 5. The summed E-state index contributed by atoms with van der Waals surface area (Å²) in [6.45, 7) is 1.94. The first kappa shape index (κ1) is 14.1. The van der Waals surface area contributed by atoms with Crippen molar-refractivity contribution in [3.63, 3.8) is 0 Å². The molecule has 2 rings (SSSR count). The van der Waals surface area contributed by atoms with Crippen molar-refractivity contribution >= 4 is 22.0 Å². The fraction of sp³-hybridized carbons (Fsp3) is 0.167.